The highest BCUT2D eigenvalue weighted by Gasteiger charge is 2.18. The molecule has 0 fully saturated rings. The number of phenolic OH excluding ortho intramolecular Hbond substituents is 1. The van der Waals surface area contributed by atoms with Gasteiger partial charge < -0.3 is 23.6 Å². The van der Waals surface area contributed by atoms with Crippen LogP contribution in [0.25, 0.3) is 99.2 Å². The minimum absolute atomic E-state index is 0. The van der Waals surface area contributed by atoms with Crippen molar-refractivity contribution in [3.63, 3.8) is 0 Å². The van der Waals surface area contributed by atoms with E-state index < -0.39 is 0 Å². The van der Waals surface area contributed by atoms with Crippen LogP contribution in [0.4, 0.5) is 17.1 Å². The first-order chi connectivity index (χ1) is 32.1. The Morgan fingerprint density at radius 2 is 0.788 bits per heavy atom. The third kappa shape index (κ3) is 6.16. The lowest BCUT2D eigenvalue weighted by atomic mass is 10.0. The second kappa shape index (κ2) is 15.5. The van der Waals surface area contributed by atoms with Crippen molar-refractivity contribution in [2.45, 2.75) is 7.43 Å². The van der Waals surface area contributed by atoms with Crippen LogP contribution >= 0.6 is 0 Å². The van der Waals surface area contributed by atoms with E-state index in [-0.39, 0.29) is 13.2 Å². The summed E-state index contributed by atoms with van der Waals surface area (Å²) in [6.07, 6.45) is 0. The third-order valence-corrected chi connectivity index (χ3v) is 13.0. The zero-order valence-corrected chi connectivity index (χ0v) is 35.1. The molecule has 0 unspecified atom stereocenters. The van der Waals surface area contributed by atoms with Crippen molar-refractivity contribution in [3.05, 3.63) is 231 Å². The number of fused-ring (bicyclic) bond motifs is 9. The summed E-state index contributed by atoms with van der Waals surface area (Å²) < 4.78 is 11.1. The lowest BCUT2D eigenvalue weighted by Crippen LogP contribution is -2.10. The SMILES string of the molecule is C.Oc1ccc(-n2c3ccccc3c3cc(-c4ccc(N(c5ccc(-c6cccc7c6oc6ccccc67)cc5)c5ccc(-n6c7ccccc7c7ccccc76)cc5)cc4)ccc32)cc1. The molecule has 5 heteroatoms. The number of nitrogens with zero attached hydrogens (tertiary/aromatic N) is 3. The van der Waals surface area contributed by atoms with Gasteiger partial charge in [0.1, 0.15) is 16.9 Å². The number of phenols is 1. The summed E-state index contributed by atoms with van der Waals surface area (Å²) in [5.41, 5.74) is 16.1. The Balaban J connectivity index is 0.00000456. The molecule has 0 aliphatic heterocycles. The van der Waals surface area contributed by atoms with E-state index in [9.17, 15) is 5.11 Å². The number of hydrogen-bond donors (Lipinski definition) is 1. The van der Waals surface area contributed by atoms with Gasteiger partial charge in [0, 0.05) is 66.3 Å². The predicted octanol–water partition coefficient (Wildman–Crippen LogP) is 16.9. The molecule has 66 heavy (non-hydrogen) atoms. The molecule has 13 rings (SSSR count). The van der Waals surface area contributed by atoms with E-state index >= 15 is 0 Å². The molecule has 5 nitrogen and oxygen atoms in total. The Morgan fingerprint density at radius 3 is 1.38 bits per heavy atom. The average Bonchev–Trinajstić information content (AvgIpc) is 4.03. The molecule has 0 saturated heterocycles. The number of aromatic hydroxyl groups is 1. The molecule has 0 spiro atoms. The van der Waals surface area contributed by atoms with Crippen molar-refractivity contribution in [3.8, 4) is 39.4 Å². The molecule has 10 aromatic carbocycles. The molecule has 0 atom stereocenters. The van der Waals surface area contributed by atoms with Gasteiger partial charge in [-0.3, -0.25) is 0 Å². The number of para-hydroxylation sites is 5. The van der Waals surface area contributed by atoms with Crippen LogP contribution in [0.1, 0.15) is 7.43 Å². The van der Waals surface area contributed by atoms with Gasteiger partial charge in [-0.15, -0.1) is 0 Å². The topological polar surface area (TPSA) is 46.5 Å². The van der Waals surface area contributed by atoms with Crippen molar-refractivity contribution in [1.29, 1.82) is 0 Å². The summed E-state index contributed by atoms with van der Waals surface area (Å²) in [5, 5.41) is 17.1. The normalized spacial score (nSPS) is 11.6. The van der Waals surface area contributed by atoms with E-state index in [2.05, 4.69) is 208 Å². The Bertz CT molecular complexity index is 3880. The fourth-order valence-electron chi connectivity index (χ4n) is 10.00. The molecular formula is C61H43N3O2. The van der Waals surface area contributed by atoms with Gasteiger partial charge in [0.05, 0.1) is 22.1 Å². The van der Waals surface area contributed by atoms with Crippen LogP contribution in [-0.2, 0) is 0 Å². The number of aromatic nitrogens is 2. The quantitative estimate of drug-likeness (QED) is 0.174. The van der Waals surface area contributed by atoms with Crippen LogP contribution in [0, 0.1) is 0 Å². The average molecular weight is 850 g/mol. The van der Waals surface area contributed by atoms with Crippen LogP contribution in [0.2, 0.25) is 0 Å². The van der Waals surface area contributed by atoms with E-state index in [1.54, 1.807) is 12.1 Å². The minimum Gasteiger partial charge on any atom is -0.508 e. The first-order valence-electron chi connectivity index (χ1n) is 22.0. The van der Waals surface area contributed by atoms with Gasteiger partial charge in [-0.25, -0.2) is 0 Å². The number of furan rings is 1. The lowest BCUT2D eigenvalue weighted by Gasteiger charge is -2.26. The Labute approximate surface area is 381 Å². The van der Waals surface area contributed by atoms with Crippen molar-refractivity contribution >= 4 is 82.6 Å². The van der Waals surface area contributed by atoms with E-state index in [0.717, 1.165) is 83.7 Å². The molecule has 0 aliphatic rings. The van der Waals surface area contributed by atoms with Gasteiger partial charge in [-0.2, -0.15) is 0 Å². The molecule has 0 radical (unpaired) electrons. The van der Waals surface area contributed by atoms with Crippen molar-refractivity contribution in [1.82, 2.24) is 9.13 Å². The van der Waals surface area contributed by atoms with Crippen LogP contribution in [0.15, 0.2) is 235 Å². The van der Waals surface area contributed by atoms with Crippen molar-refractivity contribution in [2.75, 3.05) is 4.90 Å². The molecule has 314 valence electrons. The van der Waals surface area contributed by atoms with E-state index in [4.69, 9.17) is 4.42 Å². The largest absolute Gasteiger partial charge is 0.508 e. The Kier molecular flexibility index (Phi) is 9.11. The summed E-state index contributed by atoms with van der Waals surface area (Å²) >= 11 is 0. The van der Waals surface area contributed by atoms with Crippen molar-refractivity contribution < 1.29 is 9.52 Å². The molecule has 3 heterocycles. The summed E-state index contributed by atoms with van der Waals surface area (Å²) in [4.78, 5) is 2.33. The molecule has 0 amide bonds. The zero-order valence-electron chi connectivity index (χ0n) is 35.1. The van der Waals surface area contributed by atoms with Gasteiger partial charge in [0.15, 0.2) is 0 Å². The van der Waals surface area contributed by atoms with Gasteiger partial charge >= 0.3 is 0 Å². The van der Waals surface area contributed by atoms with E-state index in [0.29, 0.717) is 0 Å². The van der Waals surface area contributed by atoms with E-state index in [1.807, 2.05) is 24.3 Å². The maximum atomic E-state index is 10.0. The maximum Gasteiger partial charge on any atom is 0.143 e. The van der Waals surface area contributed by atoms with Gasteiger partial charge in [0.25, 0.3) is 0 Å². The Morgan fingerprint density at radius 1 is 0.348 bits per heavy atom. The fraction of sp³-hybridized carbons (Fsp3) is 0.0164. The van der Waals surface area contributed by atoms with Crippen LogP contribution in [-0.4, -0.2) is 14.2 Å². The zero-order chi connectivity index (χ0) is 43.0. The number of benzene rings is 10. The predicted molar refractivity (Wildman–Crippen MR) is 276 cm³/mol. The van der Waals surface area contributed by atoms with Crippen LogP contribution in [0.5, 0.6) is 5.75 Å². The lowest BCUT2D eigenvalue weighted by molar-refractivity contribution is 0.475. The summed E-state index contributed by atoms with van der Waals surface area (Å²) in [6.45, 7) is 0. The molecule has 3 aromatic heterocycles. The smallest absolute Gasteiger partial charge is 0.143 e. The second-order valence-electron chi connectivity index (χ2n) is 16.7. The number of rotatable bonds is 7. The highest BCUT2D eigenvalue weighted by molar-refractivity contribution is 6.12. The highest BCUT2D eigenvalue weighted by atomic mass is 16.3. The number of anilines is 3. The Hall–Kier alpha value is -8.80. The first-order valence-corrected chi connectivity index (χ1v) is 22.0. The molecule has 1 N–H and O–H groups in total. The summed E-state index contributed by atoms with van der Waals surface area (Å²) in [5.74, 6) is 0.254. The second-order valence-corrected chi connectivity index (χ2v) is 16.7. The van der Waals surface area contributed by atoms with Crippen LogP contribution in [0.3, 0.4) is 0 Å². The maximum absolute atomic E-state index is 10.0. The summed E-state index contributed by atoms with van der Waals surface area (Å²) in [6, 6.07) is 81.3. The van der Waals surface area contributed by atoms with Crippen molar-refractivity contribution in [2.24, 2.45) is 0 Å². The number of hydrogen-bond acceptors (Lipinski definition) is 3. The van der Waals surface area contributed by atoms with Gasteiger partial charge in [0.2, 0.25) is 0 Å². The van der Waals surface area contributed by atoms with Crippen LogP contribution < -0.4 is 4.90 Å². The van der Waals surface area contributed by atoms with E-state index in [1.165, 1.54) is 32.6 Å². The highest BCUT2D eigenvalue weighted by Crippen LogP contribution is 2.42. The molecule has 0 aliphatic carbocycles. The third-order valence-electron chi connectivity index (χ3n) is 13.0. The minimum atomic E-state index is 0. The van der Waals surface area contributed by atoms with Gasteiger partial charge in [-0.05, 0) is 126 Å². The molecule has 0 saturated carbocycles. The molecular weight excluding hydrogens is 807 g/mol. The molecule has 13 aromatic rings. The van der Waals surface area contributed by atoms with Gasteiger partial charge in [-0.1, -0.05) is 129 Å². The fourth-order valence-corrected chi connectivity index (χ4v) is 10.00. The standard InChI is InChI=1S/C60H39N3O2.CH4/c64-47-35-33-46(34-36-47)63-57-18-7-3-12-51(57)54-38-41(24-37-58(54)63)39-20-25-42(26-21-39)61(43-27-22-40(23-28-43)48-14-9-15-53-52-13-4-8-19-59(52)65-60(48)53)44-29-31-45(32-30-44)62-55-16-5-1-10-49(55)50-11-2-6-17-56(50)62;/h1-38,64H;1H4. The first kappa shape index (κ1) is 38.8. The molecule has 0 bridgehead atoms. The monoisotopic (exact) mass is 849 g/mol. The summed E-state index contributed by atoms with van der Waals surface area (Å²) in [7, 11) is 0.